The van der Waals surface area contributed by atoms with Crippen LogP contribution in [0.4, 0.5) is 21.0 Å². The van der Waals surface area contributed by atoms with Crippen molar-refractivity contribution in [2.24, 2.45) is 0 Å². The number of ether oxygens (including phenoxy) is 1. The molecule has 0 atom stereocenters. The van der Waals surface area contributed by atoms with Gasteiger partial charge in [0.2, 0.25) is 0 Å². The normalized spacial score (nSPS) is 16.9. The number of amides is 4. The van der Waals surface area contributed by atoms with Crippen molar-refractivity contribution in [2.75, 3.05) is 49.5 Å². The molecule has 0 radical (unpaired) electrons. The minimum Gasteiger partial charge on any atom is -0.447 e. The molecule has 146 valence electrons. The summed E-state index contributed by atoms with van der Waals surface area (Å²) < 4.78 is 4.95. The smallest absolute Gasteiger partial charge is 0.414 e. The van der Waals surface area contributed by atoms with Crippen LogP contribution in [0, 0.1) is 0 Å². The third kappa shape index (κ3) is 3.64. The molecule has 2 saturated heterocycles. The molecule has 4 amide bonds. The SMILES string of the molecule is O=C(Nc1cccc(N2CCOC2=O)c1)N1CCN(C(=O)c2ccc[nH]2)CC1. The highest BCUT2D eigenvalue weighted by atomic mass is 16.6. The minimum absolute atomic E-state index is 0.0599. The molecule has 0 saturated carbocycles. The first-order valence-corrected chi connectivity index (χ1v) is 9.15. The largest absolute Gasteiger partial charge is 0.447 e. The molecular formula is C19H21N5O4. The maximum Gasteiger partial charge on any atom is 0.414 e. The van der Waals surface area contributed by atoms with E-state index in [-0.39, 0.29) is 18.0 Å². The van der Waals surface area contributed by atoms with Gasteiger partial charge in [0.1, 0.15) is 12.3 Å². The van der Waals surface area contributed by atoms with Crippen LogP contribution in [-0.4, -0.2) is 72.1 Å². The predicted octanol–water partition coefficient (Wildman–Crippen LogP) is 1.96. The van der Waals surface area contributed by atoms with Gasteiger partial charge in [0.25, 0.3) is 5.91 Å². The molecule has 4 rings (SSSR count). The first-order chi connectivity index (χ1) is 13.6. The van der Waals surface area contributed by atoms with Gasteiger partial charge < -0.3 is 24.8 Å². The van der Waals surface area contributed by atoms with Gasteiger partial charge in [-0.1, -0.05) is 6.07 Å². The average molecular weight is 383 g/mol. The van der Waals surface area contributed by atoms with E-state index in [9.17, 15) is 14.4 Å². The van der Waals surface area contributed by atoms with Crippen LogP contribution in [0.3, 0.4) is 0 Å². The number of hydrogen-bond acceptors (Lipinski definition) is 4. The Morgan fingerprint density at radius 1 is 1.00 bits per heavy atom. The molecule has 3 heterocycles. The molecule has 9 heteroatoms. The number of anilines is 2. The van der Waals surface area contributed by atoms with Gasteiger partial charge in [-0.25, -0.2) is 9.59 Å². The highest BCUT2D eigenvalue weighted by Gasteiger charge is 2.26. The summed E-state index contributed by atoms with van der Waals surface area (Å²) in [6.07, 6.45) is 1.33. The number of nitrogens with zero attached hydrogens (tertiary/aromatic N) is 3. The van der Waals surface area contributed by atoms with Crippen LogP contribution >= 0.6 is 0 Å². The first kappa shape index (κ1) is 17.9. The minimum atomic E-state index is -0.383. The van der Waals surface area contributed by atoms with Crippen LogP contribution in [0.15, 0.2) is 42.6 Å². The van der Waals surface area contributed by atoms with E-state index in [1.54, 1.807) is 52.4 Å². The predicted molar refractivity (Wildman–Crippen MR) is 102 cm³/mol. The molecule has 2 aliphatic heterocycles. The van der Waals surface area contributed by atoms with E-state index >= 15 is 0 Å². The lowest BCUT2D eigenvalue weighted by molar-refractivity contribution is 0.0666. The molecule has 9 nitrogen and oxygen atoms in total. The summed E-state index contributed by atoms with van der Waals surface area (Å²) in [5.74, 6) is -0.0599. The number of urea groups is 1. The Kier molecular flexibility index (Phi) is 4.88. The zero-order chi connectivity index (χ0) is 19.5. The molecule has 1 aromatic carbocycles. The van der Waals surface area contributed by atoms with Crippen LogP contribution in [-0.2, 0) is 4.74 Å². The van der Waals surface area contributed by atoms with Crippen LogP contribution in [0.5, 0.6) is 0 Å². The summed E-state index contributed by atoms with van der Waals surface area (Å²) in [5.41, 5.74) is 1.84. The van der Waals surface area contributed by atoms with Crippen molar-refractivity contribution in [3.05, 3.63) is 48.3 Å². The number of carbonyl (C=O) groups excluding carboxylic acids is 3. The van der Waals surface area contributed by atoms with Crippen molar-refractivity contribution in [3.63, 3.8) is 0 Å². The maximum absolute atomic E-state index is 12.6. The zero-order valence-corrected chi connectivity index (χ0v) is 15.3. The van der Waals surface area contributed by atoms with Crippen LogP contribution in [0.25, 0.3) is 0 Å². The third-order valence-corrected chi connectivity index (χ3v) is 4.85. The molecule has 0 unspecified atom stereocenters. The number of nitrogens with one attached hydrogen (secondary N) is 2. The highest BCUT2D eigenvalue weighted by Crippen LogP contribution is 2.22. The van der Waals surface area contributed by atoms with Gasteiger partial charge >= 0.3 is 12.1 Å². The number of benzene rings is 1. The number of rotatable bonds is 3. The lowest BCUT2D eigenvalue weighted by Gasteiger charge is -2.34. The van der Waals surface area contributed by atoms with Crippen molar-refractivity contribution < 1.29 is 19.1 Å². The number of piperazine rings is 1. The number of aromatic amines is 1. The number of aromatic nitrogens is 1. The third-order valence-electron chi connectivity index (χ3n) is 4.85. The Morgan fingerprint density at radius 3 is 2.46 bits per heavy atom. The van der Waals surface area contributed by atoms with Crippen LogP contribution in [0.1, 0.15) is 10.5 Å². The maximum atomic E-state index is 12.6. The van der Waals surface area contributed by atoms with Gasteiger partial charge in [-0.3, -0.25) is 9.69 Å². The lowest BCUT2D eigenvalue weighted by Crippen LogP contribution is -2.51. The summed E-state index contributed by atoms with van der Waals surface area (Å²) in [7, 11) is 0. The number of hydrogen-bond donors (Lipinski definition) is 2. The standard InChI is InChI=1S/C19H21N5O4/c25-17(16-5-2-6-20-16)22-7-9-23(10-8-22)18(26)21-14-3-1-4-15(13-14)24-11-12-28-19(24)27/h1-6,13,20H,7-12H2,(H,21,26). The van der Waals surface area contributed by atoms with Crippen molar-refractivity contribution >= 4 is 29.4 Å². The van der Waals surface area contributed by atoms with E-state index in [1.807, 2.05) is 0 Å². The Morgan fingerprint density at radius 2 is 1.79 bits per heavy atom. The van der Waals surface area contributed by atoms with E-state index in [4.69, 9.17) is 4.74 Å². The van der Waals surface area contributed by atoms with Gasteiger partial charge in [-0.2, -0.15) is 0 Å². The molecule has 2 aliphatic rings. The molecule has 28 heavy (non-hydrogen) atoms. The lowest BCUT2D eigenvalue weighted by atomic mass is 10.2. The summed E-state index contributed by atoms with van der Waals surface area (Å²) >= 11 is 0. The van der Waals surface area contributed by atoms with Crippen molar-refractivity contribution in [2.45, 2.75) is 0 Å². The summed E-state index contributed by atoms with van der Waals surface area (Å²) in [6, 6.07) is 10.4. The first-order valence-electron chi connectivity index (χ1n) is 9.15. The highest BCUT2D eigenvalue weighted by molar-refractivity contribution is 5.94. The summed E-state index contributed by atoms with van der Waals surface area (Å²) in [4.78, 5) is 44.5. The van der Waals surface area contributed by atoms with Gasteiger partial charge in [0.15, 0.2) is 0 Å². The van der Waals surface area contributed by atoms with Crippen molar-refractivity contribution in [1.82, 2.24) is 14.8 Å². The second-order valence-corrected chi connectivity index (χ2v) is 6.61. The Hall–Kier alpha value is -3.49. The second-order valence-electron chi connectivity index (χ2n) is 6.61. The molecule has 1 aromatic heterocycles. The molecule has 0 spiro atoms. The fraction of sp³-hybridized carbons (Fsp3) is 0.316. The monoisotopic (exact) mass is 383 g/mol. The van der Waals surface area contributed by atoms with E-state index in [0.717, 1.165) is 0 Å². The van der Waals surface area contributed by atoms with E-state index in [1.165, 1.54) is 4.90 Å². The van der Waals surface area contributed by atoms with Crippen LogP contribution < -0.4 is 10.2 Å². The Labute approximate surface area is 161 Å². The van der Waals surface area contributed by atoms with Gasteiger partial charge in [-0.15, -0.1) is 0 Å². The van der Waals surface area contributed by atoms with Gasteiger partial charge in [0.05, 0.1) is 6.54 Å². The van der Waals surface area contributed by atoms with Gasteiger partial charge in [-0.05, 0) is 30.3 Å². The quantitative estimate of drug-likeness (QED) is 0.847. The molecule has 2 N–H and O–H groups in total. The average Bonchev–Trinajstić information content (AvgIpc) is 3.39. The molecule has 0 bridgehead atoms. The second kappa shape index (κ2) is 7.63. The summed E-state index contributed by atoms with van der Waals surface area (Å²) in [5, 5.41) is 2.86. The van der Waals surface area contributed by atoms with Crippen molar-refractivity contribution in [1.29, 1.82) is 0 Å². The fourth-order valence-electron chi connectivity index (χ4n) is 3.33. The molecular weight excluding hydrogens is 362 g/mol. The number of cyclic esters (lactones) is 1. The van der Waals surface area contributed by atoms with Crippen molar-refractivity contribution in [3.8, 4) is 0 Å². The fourth-order valence-corrected chi connectivity index (χ4v) is 3.33. The van der Waals surface area contributed by atoms with E-state index < -0.39 is 0 Å². The Balaban J connectivity index is 1.34. The van der Waals surface area contributed by atoms with E-state index in [2.05, 4.69) is 10.3 Å². The molecule has 2 aromatic rings. The zero-order valence-electron chi connectivity index (χ0n) is 15.3. The van der Waals surface area contributed by atoms with Gasteiger partial charge in [0, 0.05) is 43.8 Å². The number of H-pyrrole nitrogens is 1. The molecule has 0 aliphatic carbocycles. The van der Waals surface area contributed by atoms with Crippen LogP contribution in [0.2, 0.25) is 0 Å². The van der Waals surface area contributed by atoms with E-state index in [0.29, 0.717) is 56.4 Å². The summed E-state index contributed by atoms with van der Waals surface area (Å²) in [6.45, 7) is 2.72. The molecule has 2 fully saturated rings. The number of carbonyl (C=O) groups is 3. The Bertz CT molecular complexity index is 874. The topological polar surface area (TPSA) is 98.0 Å².